The molecule has 0 spiro atoms. The Morgan fingerprint density at radius 3 is 2.64 bits per heavy atom. The minimum atomic E-state index is -1.29. The number of nitrogens with one attached hydrogen (secondary N) is 1. The molecule has 1 atom stereocenters. The smallest absolute Gasteiger partial charge is 0.504 e. The molecule has 2 N–H and O–H groups in total. The van der Waals surface area contributed by atoms with E-state index < -0.39 is 29.1 Å². The normalized spacial score (nSPS) is 12.9. The number of ether oxygens (including phenoxy) is 1. The SMILES string of the molecule is C[NH+](Cc1cnc2ccc(-c3ccc(F)c(F)c3O)cn12)C(=O)OC(C)(C)C. The number of alkyl carbamates (subject to hydrolysis) is 2. The van der Waals surface area contributed by atoms with Crippen LogP contribution in [0.3, 0.4) is 0 Å². The van der Waals surface area contributed by atoms with Crippen LogP contribution in [-0.4, -0.2) is 33.2 Å². The third-order valence-corrected chi connectivity index (χ3v) is 4.16. The third-order valence-electron chi connectivity index (χ3n) is 4.16. The number of imidazole rings is 1. The molecular weight excluding hydrogens is 368 g/mol. The van der Waals surface area contributed by atoms with Crippen LogP contribution in [0.2, 0.25) is 0 Å². The summed E-state index contributed by atoms with van der Waals surface area (Å²) in [4.78, 5) is 17.0. The monoisotopic (exact) mass is 390 g/mol. The fraction of sp³-hybridized carbons (Fsp3) is 0.300. The Labute approximate surface area is 161 Å². The molecule has 6 nitrogen and oxygen atoms in total. The fourth-order valence-corrected chi connectivity index (χ4v) is 2.80. The van der Waals surface area contributed by atoms with E-state index in [1.165, 1.54) is 6.07 Å². The molecule has 0 radical (unpaired) electrons. The molecule has 1 amide bonds. The molecule has 0 aliphatic rings. The van der Waals surface area contributed by atoms with Crippen molar-refractivity contribution in [2.45, 2.75) is 32.9 Å². The van der Waals surface area contributed by atoms with Gasteiger partial charge >= 0.3 is 6.09 Å². The molecule has 3 rings (SSSR count). The number of carbonyl (C=O) groups excluding carboxylic acids is 1. The van der Waals surface area contributed by atoms with Gasteiger partial charge in [0.15, 0.2) is 11.6 Å². The van der Waals surface area contributed by atoms with Gasteiger partial charge in [-0.3, -0.25) is 4.40 Å². The second-order valence-corrected chi connectivity index (χ2v) is 7.61. The molecule has 1 aromatic carbocycles. The van der Waals surface area contributed by atoms with Crippen LogP contribution in [0.25, 0.3) is 16.8 Å². The number of pyridine rings is 1. The number of carbonyl (C=O) groups is 1. The van der Waals surface area contributed by atoms with Crippen molar-refractivity contribution in [3.8, 4) is 16.9 Å². The highest BCUT2D eigenvalue weighted by molar-refractivity contribution is 5.71. The van der Waals surface area contributed by atoms with Crippen LogP contribution in [0, 0.1) is 11.6 Å². The molecule has 0 saturated carbocycles. The lowest BCUT2D eigenvalue weighted by Gasteiger charge is -2.20. The summed E-state index contributed by atoms with van der Waals surface area (Å²) in [6.45, 7) is 5.70. The van der Waals surface area contributed by atoms with Crippen molar-refractivity contribution in [3.05, 3.63) is 54.0 Å². The predicted octanol–water partition coefficient (Wildman–Crippen LogP) is 2.93. The highest BCUT2D eigenvalue weighted by Crippen LogP contribution is 2.32. The summed E-state index contributed by atoms with van der Waals surface area (Å²) in [7, 11) is 1.69. The zero-order chi connectivity index (χ0) is 20.6. The largest absolute Gasteiger partial charge is 0.514 e. The number of phenolic OH excluding ortho intramolecular Hbond substituents is 1. The number of fused-ring (bicyclic) bond motifs is 1. The van der Waals surface area contributed by atoms with E-state index in [-0.39, 0.29) is 5.56 Å². The molecule has 2 heterocycles. The molecule has 0 saturated heterocycles. The van der Waals surface area contributed by atoms with Gasteiger partial charge in [-0.2, -0.15) is 9.18 Å². The van der Waals surface area contributed by atoms with Crippen molar-refractivity contribution < 1.29 is 28.3 Å². The molecule has 8 heteroatoms. The van der Waals surface area contributed by atoms with Crippen LogP contribution < -0.4 is 4.90 Å². The van der Waals surface area contributed by atoms with Gasteiger partial charge in [0, 0.05) is 17.3 Å². The topological polar surface area (TPSA) is 68.3 Å². The molecule has 0 bridgehead atoms. The predicted molar refractivity (Wildman–Crippen MR) is 99.0 cm³/mol. The van der Waals surface area contributed by atoms with Gasteiger partial charge in [0.05, 0.1) is 18.9 Å². The summed E-state index contributed by atoms with van der Waals surface area (Å²) in [6, 6.07) is 5.62. The minimum absolute atomic E-state index is 0.160. The summed E-state index contributed by atoms with van der Waals surface area (Å²) in [6.07, 6.45) is 2.90. The number of amides is 1. The summed E-state index contributed by atoms with van der Waals surface area (Å²) >= 11 is 0. The van der Waals surface area contributed by atoms with Crippen LogP contribution >= 0.6 is 0 Å². The molecule has 2 aromatic heterocycles. The van der Waals surface area contributed by atoms with Crippen LogP contribution in [0.1, 0.15) is 26.5 Å². The van der Waals surface area contributed by atoms with Crippen LogP contribution in [0.5, 0.6) is 5.75 Å². The van der Waals surface area contributed by atoms with E-state index in [1.54, 1.807) is 56.7 Å². The van der Waals surface area contributed by atoms with Gasteiger partial charge in [-0.15, -0.1) is 0 Å². The number of aromatic nitrogens is 2. The van der Waals surface area contributed by atoms with Gasteiger partial charge in [-0.05, 0) is 45.0 Å². The van der Waals surface area contributed by atoms with Gasteiger partial charge in [0.25, 0.3) is 0 Å². The van der Waals surface area contributed by atoms with E-state index in [0.717, 1.165) is 11.8 Å². The van der Waals surface area contributed by atoms with E-state index in [1.807, 2.05) is 0 Å². The lowest BCUT2D eigenvalue weighted by Crippen LogP contribution is -3.10. The molecule has 0 fully saturated rings. The Morgan fingerprint density at radius 1 is 1.25 bits per heavy atom. The van der Waals surface area contributed by atoms with Gasteiger partial charge in [-0.25, -0.2) is 14.3 Å². The Balaban J connectivity index is 1.93. The van der Waals surface area contributed by atoms with E-state index in [4.69, 9.17) is 4.74 Å². The number of rotatable bonds is 3. The van der Waals surface area contributed by atoms with Crippen LogP contribution in [0.4, 0.5) is 13.6 Å². The lowest BCUT2D eigenvalue weighted by atomic mass is 10.1. The van der Waals surface area contributed by atoms with E-state index in [2.05, 4.69) is 4.98 Å². The molecule has 3 aromatic rings. The highest BCUT2D eigenvalue weighted by Gasteiger charge is 2.25. The van der Waals surface area contributed by atoms with Gasteiger partial charge < -0.3 is 9.84 Å². The van der Waals surface area contributed by atoms with Crippen LogP contribution in [0.15, 0.2) is 36.7 Å². The summed E-state index contributed by atoms with van der Waals surface area (Å²) in [5, 5.41) is 9.94. The number of hydrogen-bond donors (Lipinski definition) is 2. The standard InChI is InChI=1S/C20H21F2N3O3/c1-20(2,3)28-19(27)24(4)11-13-9-23-16-8-5-12(10-25(13)16)14-6-7-15(21)17(22)18(14)26/h5-10,26H,11H2,1-4H3/p+1. The third kappa shape index (κ3) is 3.96. The summed E-state index contributed by atoms with van der Waals surface area (Å²) in [5.74, 6) is -3.16. The van der Waals surface area contributed by atoms with E-state index in [0.29, 0.717) is 22.7 Å². The second kappa shape index (κ2) is 7.20. The van der Waals surface area contributed by atoms with E-state index in [9.17, 15) is 18.7 Å². The molecule has 0 aliphatic heterocycles. The first kappa shape index (κ1) is 19.8. The number of hydrogen-bond acceptors (Lipinski definition) is 4. The Hall–Kier alpha value is -3.00. The first-order valence-electron chi connectivity index (χ1n) is 8.76. The first-order valence-corrected chi connectivity index (χ1v) is 8.76. The van der Waals surface area contributed by atoms with E-state index >= 15 is 0 Å². The Morgan fingerprint density at radius 2 is 1.96 bits per heavy atom. The number of benzene rings is 1. The first-order chi connectivity index (χ1) is 13.1. The molecule has 28 heavy (non-hydrogen) atoms. The summed E-state index contributed by atoms with van der Waals surface area (Å²) in [5.41, 5.74) is 1.40. The maximum absolute atomic E-state index is 13.7. The number of nitrogens with zero attached hydrogens (tertiary/aromatic N) is 2. The van der Waals surface area contributed by atoms with Crippen molar-refractivity contribution in [1.82, 2.24) is 9.38 Å². The maximum Gasteiger partial charge on any atom is 0.514 e. The number of phenols is 1. The average Bonchev–Trinajstić information content (AvgIpc) is 3.00. The van der Waals surface area contributed by atoms with Crippen molar-refractivity contribution in [2.75, 3.05) is 7.05 Å². The highest BCUT2D eigenvalue weighted by atomic mass is 19.2. The molecule has 148 valence electrons. The lowest BCUT2D eigenvalue weighted by molar-refractivity contribution is -0.817. The second-order valence-electron chi connectivity index (χ2n) is 7.61. The summed E-state index contributed by atoms with van der Waals surface area (Å²) < 4.78 is 34.1. The Bertz CT molecular complexity index is 1040. The maximum atomic E-state index is 13.7. The van der Waals surface area contributed by atoms with Gasteiger partial charge in [0.2, 0.25) is 5.82 Å². The van der Waals surface area contributed by atoms with Crippen molar-refractivity contribution in [1.29, 1.82) is 0 Å². The van der Waals surface area contributed by atoms with Crippen molar-refractivity contribution in [3.63, 3.8) is 0 Å². The quantitative estimate of drug-likeness (QED) is 0.722. The zero-order valence-electron chi connectivity index (χ0n) is 16.1. The number of aromatic hydroxyl groups is 1. The van der Waals surface area contributed by atoms with Gasteiger partial charge in [-0.1, -0.05) is 0 Å². The number of halogens is 2. The number of quaternary nitrogens is 1. The minimum Gasteiger partial charge on any atom is -0.504 e. The Kier molecular flexibility index (Phi) is 5.08. The van der Waals surface area contributed by atoms with Crippen molar-refractivity contribution >= 4 is 11.7 Å². The molecule has 1 unspecified atom stereocenters. The molecule has 0 aliphatic carbocycles. The average molecular weight is 390 g/mol. The molecular formula is C20H22F2N3O3+. The fourth-order valence-electron chi connectivity index (χ4n) is 2.80. The van der Waals surface area contributed by atoms with Crippen molar-refractivity contribution in [2.24, 2.45) is 0 Å². The zero-order valence-corrected chi connectivity index (χ0v) is 16.1. The van der Waals surface area contributed by atoms with Crippen LogP contribution in [-0.2, 0) is 11.3 Å². The van der Waals surface area contributed by atoms with Gasteiger partial charge in [0.1, 0.15) is 17.8 Å².